The second-order valence-electron chi connectivity index (χ2n) is 5.69. The molecule has 0 saturated carbocycles. The molecule has 0 saturated heterocycles. The van der Waals surface area contributed by atoms with Gasteiger partial charge in [-0.05, 0) is 50.9 Å². The number of hydrogen-bond donors (Lipinski definition) is 1. The Morgan fingerprint density at radius 3 is 2.35 bits per heavy atom. The quantitative estimate of drug-likeness (QED) is 0.667. The molecule has 0 heterocycles. The molecule has 0 aliphatic heterocycles. The van der Waals surface area contributed by atoms with Crippen molar-refractivity contribution >= 4 is 0 Å². The topological polar surface area (TPSA) is 30.5 Å². The van der Waals surface area contributed by atoms with Crippen molar-refractivity contribution in [1.29, 1.82) is 0 Å². The number of nitrogens with one attached hydrogen (secondary N) is 1. The van der Waals surface area contributed by atoms with Crippen LogP contribution in [-0.4, -0.2) is 32.4 Å². The van der Waals surface area contributed by atoms with Crippen LogP contribution in [0.15, 0.2) is 24.3 Å². The Kier molecular flexibility index (Phi) is 7.82. The van der Waals surface area contributed by atoms with Crippen LogP contribution in [0.25, 0.3) is 0 Å². The van der Waals surface area contributed by atoms with Crippen LogP contribution in [-0.2, 0) is 22.5 Å². The van der Waals surface area contributed by atoms with Crippen molar-refractivity contribution < 1.29 is 9.47 Å². The van der Waals surface area contributed by atoms with Crippen LogP contribution in [0.1, 0.15) is 38.3 Å². The molecule has 20 heavy (non-hydrogen) atoms. The molecule has 1 aromatic carbocycles. The lowest BCUT2D eigenvalue weighted by molar-refractivity contribution is -0.0124. The number of likely N-dealkylation sites (N-methyl/N-ethyl adjacent to an activating group) is 1. The second-order valence-corrected chi connectivity index (χ2v) is 5.69. The van der Waals surface area contributed by atoms with Gasteiger partial charge in [-0.1, -0.05) is 31.2 Å². The minimum atomic E-state index is -0.101. The Morgan fingerprint density at radius 1 is 1.10 bits per heavy atom. The summed E-state index contributed by atoms with van der Waals surface area (Å²) in [4.78, 5) is 0. The van der Waals surface area contributed by atoms with E-state index in [1.165, 1.54) is 11.1 Å². The van der Waals surface area contributed by atoms with E-state index in [1.807, 2.05) is 0 Å². The molecule has 0 radical (unpaired) electrons. The van der Waals surface area contributed by atoms with Gasteiger partial charge in [-0.2, -0.15) is 0 Å². The van der Waals surface area contributed by atoms with Gasteiger partial charge in [0.05, 0.1) is 12.2 Å². The van der Waals surface area contributed by atoms with Crippen LogP contribution in [0.2, 0.25) is 0 Å². The summed E-state index contributed by atoms with van der Waals surface area (Å²) in [6, 6.07) is 8.69. The highest BCUT2D eigenvalue weighted by molar-refractivity contribution is 5.22. The molecule has 0 amide bonds. The standard InChI is InChI=1S/C17H29NO2/c1-5-18-12-10-15-6-8-16(9-7-15)14-20-13-11-17(2,3)19-4/h6-9,18H,5,10-14H2,1-4H3. The molecule has 0 aromatic heterocycles. The van der Waals surface area contributed by atoms with E-state index in [1.54, 1.807) is 7.11 Å². The van der Waals surface area contributed by atoms with Gasteiger partial charge in [-0.15, -0.1) is 0 Å². The van der Waals surface area contributed by atoms with Crippen LogP contribution >= 0.6 is 0 Å². The van der Waals surface area contributed by atoms with Gasteiger partial charge in [0.1, 0.15) is 0 Å². The van der Waals surface area contributed by atoms with Gasteiger partial charge in [0.25, 0.3) is 0 Å². The number of rotatable bonds is 10. The molecule has 1 rings (SSSR count). The third-order valence-corrected chi connectivity index (χ3v) is 3.53. The van der Waals surface area contributed by atoms with Crippen molar-refractivity contribution in [2.75, 3.05) is 26.8 Å². The molecular weight excluding hydrogens is 250 g/mol. The summed E-state index contributed by atoms with van der Waals surface area (Å²) in [5.74, 6) is 0. The summed E-state index contributed by atoms with van der Waals surface area (Å²) < 4.78 is 11.1. The average Bonchev–Trinajstić information content (AvgIpc) is 2.45. The zero-order chi connectivity index (χ0) is 14.8. The van der Waals surface area contributed by atoms with E-state index in [-0.39, 0.29) is 5.60 Å². The number of benzene rings is 1. The summed E-state index contributed by atoms with van der Waals surface area (Å²) in [7, 11) is 1.74. The van der Waals surface area contributed by atoms with E-state index in [0.29, 0.717) is 6.61 Å². The van der Waals surface area contributed by atoms with E-state index in [2.05, 4.69) is 50.4 Å². The van der Waals surface area contributed by atoms with Gasteiger partial charge in [-0.3, -0.25) is 0 Å². The Hall–Kier alpha value is -0.900. The lowest BCUT2D eigenvalue weighted by atomic mass is 10.1. The fourth-order valence-electron chi connectivity index (χ4n) is 1.82. The predicted molar refractivity (Wildman–Crippen MR) is 84.1 cm³/mol. The monoisotopic (exact) mass is 279 g/mol. The zero-order valence-corrected chi connectivity index (χ0v) is 13.4. The first-order valence-corrected chi connectivity index (χ1v) is 7.49. The molecule has 0 fully saturated rings. The summed E-state index contributed by atoms with van der Waals surface area (Å²) in [5.41, 5.74) is 2.50. The second kappa shape index (κ2) is 9.11. The van der Waals surface area contributed by atoms with Gasteiger partial charge in [-0.25, -0.2) is 0 Å². The Bertz CT molecular complexity index is 360. The SMILES string of the molecule is CCNCCc1ccc(COCCC(C)(C)OC)cc1. The first-order valence-electron chi connectivity index (χ1n) is 7.49. The first kappa shape index (κ1) is 17.2. The van der Waals surface area contributed by atoms with Crippen LogP contribution < -0.4 is 5.32 Å². The molecule has 0 aliphatic carbocycles. The van der Waals surface area contributed by atoms with E-state index in [4.69, 9.17) is 9.47 Å². The van der Waals surface area contributed by atoms with Crippen molar-refractivity contribution in [3.05, 3.63) is 35.4 Å². The van der Waals surface area contributed by atoms with E-state index >= 15 is 0 Å². The average molecular weight is 279 g/mol. The fourth-order valence-corrected chi connectivity index (χ4v) is 1.82. The molecule has 1 aromatic rings. The molecule has 114 valence electrons. The minimum absolute atomic E-state index is 0.101. The maximum absolute atomic E-state index is 5.70. The molecule has 0 unspecified atom stereocenters. The van der Waals surface area contributed by atoms with Crippen LogP contribution in [0.3, 0.4) is 0 Å². The normalized spacial score (nSPS) is 11.8. The summed E-state index contributed by atoms with van der Waals surface area (Å²) >= 11 is 0. The Labute approximate surface area is 123 Å². The summed E-state index contributed by atoms with van der Waals surface area (Å²) in [5, 5.41) is 3.34. The molecular formula is C17H29NO2. The number of ether oxygens (including phenoxy) is 2. The predicted octanol–water partition coefficient (Wildman–Crippen LogP) is 3.17. The van der Waals surface area contributed by atoms with Crippen molar-refractivity contribution in [2.45, 2.75) is 45.8 Å². The van der Waals surface area contributed by atoms with E-state index < -0.39 is 0 Å². The Balaban J connectivity index is 2.24. The molecule has 3 nitrogen and oxygen atoms in total. The van der Waals surface area contributed by atoms with Crippen molar-refractivity contribution in [2.24, 2.45) is 0 Å². The highest BCUT2D eigenvalue weighted by atomic mass is 16.5. The van der Waals surface area contributed by atoms with E-state index in [9.17, 15) is 0 Å². The van der Waals surface area contributed by atoms with Gasteiger partial charge in [0, 0.05) is 13.7 Å². The maximum Gasteiger partial charge on any atom is 0.0716 e. The first-order chi connectivity index (χ1) is 9.57. The molecule has 0 spiro atoms. The molecule has 0 bridgehead atoms. The highest BCUT2D eigenvalue weighted by Crippen LogP contribution is 2.13. The summed E-state index contributed by atoms with van der Waals surface area (Å²) in [6.45, 7) is 9.76. The minimum Gasteiger partial charge on any atom is -0.379 e. The third kappa shape index (κ3) is 7.04. The van der Waals surface area contributed by atoms with Crippen molar-refractivity contribution in [3.63, 3.8) is 0 Å². The number of hydrogen-bond acceptors (Lipinski definition) is 3. The van der Waals surface area contributed by atoms with Crippen LogP contribution in [0.5, 0.6) is 0 Å². The van der Waals surface area contributed by atoms with Crippen molar-refractivity contribution in [1.82, 2.24) is 5.32 Å². The smallest absolute Gasteiger partial charge is 0.0716 e. The van der Waals surface area contributed by atoms with Crippen molar-refractivity contribution in [3.8, 4) is 0 Å². The van der Waals surface area contributed by atoms with E-state index in [0.717, 1.165) is 32.5 Å². The molecule has 1 N–H and O–H groups in total. The van der Waals surface area contributed by atoms with Crippen LogP contribution in [0, 0.1) is 0 Å². The zero-order valence-electron chi connectivity index (χ0n) is 13.4. The highest BCUT2D eigenvalue weighted by Gasteiger charge is 2.15. The van der Waals surface area contributed by atoms with Gasteiger partial charge in [0.2, 0.25) is 0 Å². The van der Waals surface area contributed by atoms with Crippen LogP contribution in [0.4, 0.5) is 0 Å². The van der Waals surface area contributed by atoms with Gasteiger partial charge < -0.3 is 14.8 Å². The molecule has 0 atom stereocenters. The third-order valence-electron chi connectivity index (χ3n) is 3.53. The maximum atomic E-state index is 5.70. The van der Waals surface area contributed by atoms with Gasteiger partial charge >= 0.3 is 0 Å². The summed E-state index contributed by atoms with van der Waals surface area (Å²) in [6.07, 6.45) is 1.99. The largest absolute Gasteiger partial charge is 0.379 e. The molecule has 0 aliphatic rings. The Morgan fingerprint density at radius 2 is 1.75 bits per heavy atom. The molecule has 3 heteroatoms. The lowest BCUT2D eigenvalue weighted by Crippen LogP contribution is -2.24. The fraction of sp³-hybridized carbons (Fsp3) is 0.647. The van der Waals surface area contributed by atoms with Gasteiger partial charge in [0.15, 0.2) is 0 Å². The lowest BCUT2D eigenvalue weighted by Gasteiger charge is -2.22. The number of methoxy groups -OCH3 is 1.